The molecule has 108 valence electrons. The molecular weight excluding hydrogens is 274 g/mol. The summed E-state index contributed by atoms with van der Waals surface area (Å²) in [4.78, 5) is 14.3. The quantitative estimate of drug-likeness (QED) is 0.514. The highest BCUT2D eigenvalue weighted by atomic mass is 16.5. The van der Waals surface area contributed by atoms with Gasteiger partial charge < -0.3 is 9.84 Å². The summed E-state index contributed by atoms with van der Waals surface area (Å²) in [5.41, 5.74) is 9.58. The van der Waals surface area contributed by atoms with Gasteiger partial charge in [-0.3, -0.25) is 9.48 Å². The fraction of sp³-hybridized carbons (Fsp3) is 0.231. The molecule has 0 aliphatic carbocycles. The SMILES string of the molecule is Cn1ccc(OCc2c(CO)cccc2C(=O)N=[N+]=[N-])n1. The molecular formula is C13H13N5O3. The van der Waals surface area contributed by atoms with Crippen molar-refractivity contribution < 1.29 is 14.6 Å². The van der Waals surface area contributed by atoms with Crippen LogP contribution in [0.5, 0.6) is 5.88 Å². The predicted octanol–water partition coefficient (Wildman–Crippen LogP) is 1.94. The topological polar surface area (TPSA) is 113 Å². The number of ether oxygens (including phenoxy) is 1. The molecule has 8 heteroatoms. The maximum absolute atomic E-state index is 11.8. The van der Waals surface area contributed by atoms with Gasteiger partial charge in [-0.25, -0.2) is 0 Å². The minimum Gasteiger partial charge on any atom is -0.472 e. The van der Waals surface area contributed by atoms with Gasteiger partial charge in [0.1, 0.15) is 6.61 Å². The second-order valence-electron chi connectivity index (χ2n) is 4.21. The molecule has 0 aliphatic rings. The van der Waals surface area contributed by atoms with Crippen LogP contribution in [-0.4, -0.2) is 20.8 Å². The summed E-state index contributed by atoms with van der Waals surface area (Å²) in [5, 5.41) is 16.5. The van der Waals surface area contributed by atoms with Gasteiger partial charge in [-0.1, -0.05) is 18.2 Å². The number of aliphatic hydroxyl groups is 1. The molecule has 1 aromatic heterocycles. The van der Waals surface area contributed by atoms with Crippen molar-refractivity contribution in [3.8, 4) is 5.88 Å². The fourth-order valence-electron chi connectivity index (χ4n) is 1.86. The average molecular weight is 287 g/mol. The van der Waals surface area contributed by atoms with Crippen LogP contribution in [-0.2, 0) is 20.3 Å². The molecule has 0 atom stereocenters. The van der Waals surface area contributed by atoms with Crippen molar-refractivity contribution in [2.75, 3.05) is 0 Å². The third-order valence-electron chi connectivity index (χ3n) is 2.86. The highest BCUT2D eigenvalue weighted by Gasteiger charge is 2.14. The van der Waals surface area contributed by atoms with Crippen LogP contribution in [0.25, 0.3) is 10.4 Å². The molecule has 1 aromatic carbocycles. The summed E-state index contributed by atoms with van der Waals surface area (Å²) >= 11 is 0. The minimum absolute atomic E-state index is 0.0375. The number of aromatic nitrogens is 2. The minimum atomic E-state index is -0.715. The summed E-state index contributed by atoms with van der Waals surface area (Å²) < 4.78 is 7.08. The number of azide groups is 1. The molecule has 0 saturated heterocycles. The van der Waals surface area contributed by atoms with Crippen LogP contribution in [0.3, 0.4) is 0 Å². The number of hydrogen-bond donors (Lipinski definition) is 1. The molecule has 21 heavy (non-hydrogen) atoms. The van der Waals surface area contributed by atoms with Crippen molar-refractivity contribution in [3.63, 3.8) is 0 Å². The Morgan fingerprint density at radius 3 is 2.95 bits per heavy atom. The number of hydrogen-bond acceptors (Lipinski definition) is 4. The Kier molecular flexibility index (Phi) is 4.55. The Balaban J connectivity index is 2.30. The Labute approximate surface area is 120 Å². The first kappa shape index (κ1) is 14.6. The highest BCUT2D eigenvalue weighted by molar-refractivity contribution is 5.96. The maximum atomic E-state index is 11.8. The van der Waals surface area contributed by atoms with E-state index < -0.39 is 5.91 Å². The molecule has 1 heterocycles. The van der Waals surface area contributed by atoms with Gasteiger partial charge in [-0.2, -0.15) is 0 Å². The van der Waals surface area contributed by atoms with E-state index >= 15 is 0 Å². The van der Waals surface area contributed by atoms with E-state index in [0.717, 1.165) is 0 Å². The van der Waals surface area contributed by atoms with E-state index in [1.807, 2.05) is 0 Å². The smallest absolute Gasteiger partial charge is 0.249 e. The Hall–Kier alpha value is -2.83. The molecule has 1 amide bonds. The van der Waals surface area contributed by atoms with Crippen molar-refractivity contribution in [2.45, 2.75) is 13.2 Å². The zero-order valence-electron chi connectivity index (χ0n) is 11.3. The van der Waals surface area contributed by atoms with Gasteiger partial charge >= 0.3 is 0 Å². The molecule has 0 saturated carbocycles. The van der Waals surface area contributed by atoms with Crippen LogP contribution < -0.4 is 4.74 Å². The Bertz CT molecular complexity index is 704. The highest BCUT2D eigenvalue weighted by Crippen LogP contribution is 2.19. The lowest BCUT2D eigenvalue weighted by atomic mass is 10.0. The van der Waals surface area contributed by atoms with Crippen molar-refractivity contribution in [1.82, 2.24) is 9.78 Å². The van der Waals surface area contributed by atoms with Crippen LogP contribution in [0.1, 0.15) is 21.5 Å². The normalized spacial score (nSPS) is 10.0. The number of rotatable bonds is 5. The number of benzene rings is 1. The Morgan fingerprint density at radius 1 is 1.52 bits per heavy atom. The zero-order chi connectivity index (χ0) is 15.2. The Morgan fingerprint density at radius 2 is 2.33 bits per heavy atom. The largest absolute Gasteiger partial charge is 0.472 e. The van der Waals surface area contributed by atoms with Gasteiger partial charge in [0.15, 0.2) is 0 Å². The monoisotopic (exact) mass is 287 g/mol. The number of aliphatic hydroxyl groups excluding tert-OH is 1. The van der Waals surface area contributed by atoms with E-state index in [4.69, 9.17) is 10.3 Å². The van der Waals surface area contributed by atoms with Gasteiger partial charge in [0.25, 0.3) is 0 Å². The second-order valence-corrected chi connectivity index (χ2v) is 4.21. The molecule has 0 aliphatic heterocycles. The van der Waals surface area contributed by atoms with Crippen LogP contribution >= 0.6 is 0 Å². The van der Waals surface area contributed by atoms with E-state index in [-0.39, 0.29) is 18.8 Å². The van der Waals surface area contributed by atoms with Crippen molar-refractivity contribution >= 4 is 5.91 Å². The van der Waals surface area contributed by atoms with Crippen molar-refractivity contribution in [2.24, 2.45) is 12.2 Å². The van der Waals surface area contributed by atoms with Crippen LogP contribution in [0.15, 0.2) is 35.6 Å². The van der Waals surface area contributed by atoms with Gasteiger partial charge in [0.05, 0.1) is 6.61 Å². The molecule has 0 unspecified atom stereocenters. The molecule has 0 radical (unpaired) electrons. The first-order chi connectivity index (χ1) is 10.2. The molecule has 1 N–H and O–H groups in total. The number of aryl methyl sites for hydroxylation is 1. The van der Waals surface area contributed by atoms with E-state index in [1.54, 1.807) is 36.1 Å². The molecule has 0 bridgehead atoms. The van der Waals surface area contributed by atoms with Crippen LogP contribution in [0, 0.1) is 0 Å². The lowest BCUT2D eigenvalue weighted by Crippen LogP contribution is -2.08. The van der Waals surface area contributed by atoms with Crippen molar-refractivity contribution in [1.29, 1.82) is 0 Å². The van der Waals surface area contributed by atoms with Gasteiger partial charge in [-0.15, -0.1) is 5.10 Å². The summed E-state index contributed by atoms with van der Waals surface area (Å²) in [6, 6.07) is 6.48. The molecule has 8 nitrogen and oxygen atoms in total. The van der Waals surface area contributed by atoms with Crippen molar-refractivity contribution in [3.05, 3.63) is 57.6 Å². The summed E-state index contributed by atoms with van der Waals surface area (Å²) in [7, 11) is 1.76. The molecule has 0 spiro atoms. The van der Waals surface area contributed by atoms with Crippen LogP contribution in [0.4, 0.5) is 0 Å². The number of amides is 1. The van der Waals surface area contributed by atoms with Crippen LogP contribution in [0.2, 0.25) is 0 Å². The predicted molar refractivity (Wildman–Crippen MR) is 73.4 cm³/mol. The maximum Gasteiger partial charge on any atom is 0.249 e. The van der Waals surface area contributed by atoms with Gasteiger partial charge in [-0.05, 0) is 16.2 Å². The fourth-order valence-corrected chi connectivity index (χ4v) is 1.86. The summed E-state index contributed by atoms with van der Waals surface area (Å²) in [5.74, 6) is -0.320. The number of carbonyl (C=O) groups is 1. The lowest BCUT2D eigenvalue weighted by Gasteiger charge is -2.11. The first-order valence-electron chi connectivity index (χ1n) is 6.09. The number of nitrogens with zero attached hydrogens (tertiary/aromatic N) is 5. The summed E-state index contributed by atoms with van der Waals surface area (Å²) in [6.07, 6.45) is 1.72. The van der Waals surface area contributed by atoms with Gasteiger partial charge in [0, 0.05) is 35.3 Å². The average Bonchev–Trinajstić information content (AvgIpc) is 2.90. The van der Waals surface area contributed by atoms with Gasteiger partial charge in [0.2, 0.25) is 11.8 Å². The second kappa shape index (κ2) is 6.56. The first-order valence-corrected chi connectivity index (χ1v) is 6.09. The van der Waals surface area contributed by atoms with E-state index in [1.165, 1.54) is 6.07 Å². The summed E-state index contributed by atoms with van der Waals surface area (Å²) in [6.45, 7) is -0.214. The molecule has 0 fully saturated rings. The standard InChI is InChI=1S/C13H13N5O3/c1-18-6-5-12(16-18)21-8-11-9(7-19)3-2-4-10(11)13(20)15-17-14/h2-6,19H,7-8H2,1H3. The third kappa shape index (κ3) is 3.38. The molecule has 2 aromatic rings. The zero-order valence-corrected chi connectivity index (χ0v) is 11.3. The van der Waals surface area contributed by atoms with E-state index in [0.29, 0.717) is 17.0 Å². The van der Waals surface area contributed by atoms with E-state index in [9.17, 15) is 9.90 Å². The lowest BCUT2D eigenvalue weighted by molar-refractivity contribution is 0.0997. The number of carbonyl (C=O) groups excluding carboxylic acids is 1. The van der Waals surface area contributed by atoms with E-state index in [2.05, 4.69) is 15.1 Å². The third-order valence-corrected chi connectivity index (χ3v) is 2.86. The molecule has 2 rings (SSSR count).